The summed E-state index contributed by atoms with van der Waals surface area (Å²) in [5.41, 5.74) is 1.35. The smallest absolute Gasteiger partial charge is 0.229 e. The Labute approximate surface area is 118 Å². The molecule has 110 valence electrons. The molecule has 0 saturated carbocycles. The highest BCUT2D eigenvalue weighted by atomic mass is 16.5. The van der Waals surface area contributed by atoms with Crippen LogP contribution in [0.3, 0.4) is 0 Å². The second kappa shape index (κ2) is 7.26. The van der Waals surface area contributed by atoms with Crippen molar-refractivity contribution in [2.45, 2.75) is 26.4 Å². The lowest BCUT2D eigenvalue weighted by Crippen LogP contribution is -2.30. The normalized spacial score (nSPS) is 18.6. The van der Waals surface area contributed by atoms with Gasteiger partial charge in [0.05, 0.1) is 25.7 Å². The van der Waals surface area contributed by atoms with Gasteiger partial charge in [0.25, 0.3) is 0 Å². The Morgan fingerprint density at radius 2 is 2.40 bits per heavy atom. The molecule has 20 heavy (non-hydrogen) atoms. The molecular weight excluding hydrogens is 258 g/mol. The van der Waals surface area contributed by atoms with Crippen LogP contribution >= 0.6 is 0 Å². The molecule has 0 spiro atoms. The Hall–Kier alpha value is -1.59. The maximum atomic E-state index is 12.1. The SMILES string of the molecule is CCOc1ccc(NC(=O)C2CCCOC2)cc1CO. The van der Waals surface area contributed by atoms with Crippen LogP contribution in [0.1, 0.15) is 25.3 Å². The van der Waals surface area contributed by atoms with Gasteiger partial charge in [0.1, 0.15) is 5.75 Å². The first-order valence-electron chi connectivity index (χ1n) is 6.99. The number of aliphatic hydroxyl groups is 1. The number of hydrogen-bond donors (Lipinski definition) is 2. The number of ether oxygens (including phenoxy) is 2. The van der Waals surface area contributed by atoms with Gasteiger partial charge in [-0.15, -0.1) is 0 Å². The maximum absolute atomic E-state index is 12.1. The third-order valence-electron chi connectivity index (χ3n) is 3.33. The van der Waals surface area contributed by atoms with Gasteiger partial charge in [-0.1, -0.05) is 0 Å². The summed E-state index contributed by atoms with van der Waals surface area (Å²) in [7, 11) is 0. The van der Waals surface area contributed by atoms with E-state index in [2.05, 4.69) is 5.32 Å². The van der Waals surface area contributed by atoms with E-state index in [-0.39, 0.29) is 18.4 Å². The van der Waals surface area contributed by atoms with Crippen molar-refractivity contribution >= 4 is 11.6 Å². The number of carbonyl (C=O) groups is 1. The standard InChI is InChI=1S/C15H21NO4/c1-2-20-14-6-5-13(8-12(14)9-17)16-15(18)11-4-3-7-19-10-11/h5-6,8,11,17H,2-4,7,9-10H2,1H3,(H,16,18). The van der Waals surface area contributed by atoms with E-state index in [4.69, 9.17) is 9.47 Å². The number of aliphatic hydroxyl groups excluding tert-OH is 1. The lowest BCUT2D eigenvalue weighted by Gasteiger charge is -2.21. The summed E-state index contributed by atoms with van der Waals surface area (Å²) in [6.45, 7) is 3.53. The predicted octanol–water partition coefficient (Wildman–Crippen LogP) is 1.94. The van der Waals surface area contributed by atoms with Crippen LogP contribution in [0.5, 0.6) is 5.75 Å². The number of hydrogen-bond acceptors (Lipinski definition) is 4. The molecule has 0 radical (unpaired) electrons. The van der Waals surface area contributed by atoms with E-state index >= 15 is 0 Å². The van der Waals surface area contributed by atoms with Crippen molar-refractivity contribution < 1.29 is 19.4 Å². The molecule has 0 aromatic heterocycles. The molecule has 5 nitrogen and oxygen atoms in total. The molecule has 1 heterocycles. The van der Waals surface area contributed by atoms with Gasteiger partial charge < -0.3 is 19.9 Å². The summed E-state index contributed by atoms with van der Waals surface area (Å²) >= 11 is 0. The maximum Gasteiger partial charge on any atom is 0.229 e. The second-order valence-corrected chi connectivity index (χ2v) is 4.82. The largest absolute Gasteiger partial charge is 0.494 e. The van der Waals surface area contributed by atoms with E-state index in [9.17, 15) is 9.90 Å². The van der Waals surface area contributed by atoms with E-state index < -0.39 is 0 Å². The fourth-order valence-electron chi connectivity index (χ4n) is 2.27. The number of carbonyl (C=O) groups excluding carboxylic acids is 1. The summed E-state index contributed by atoms with van der Waals surface area (Å²) in [6.07, 6.45) is 1.78. The first-order valence-corrected chi connectivity index (χ1v) is 6.99. The lowest BCUT2D eigenvalue weighted by atomic mass is 10.0. The van der Waals surface area contributed by atoms with Crippen LogP contribution in [0.4, 0.5) is 5.69 Å². The van der Waals surface area contributed by atoms with Crippen molar-refractivity contribution in [3.63, 3.8) is 0 Å². The number of benzene rings is 1. The van der Waals surface area contributed by atoms with Gasteiger partial charge in [-0.3, -0.25) is 4.79 Å². The molecule has 1 fully saturated rings. The van der Waals surface area contributed by atoms with Gasteiger partial charge in [0, 0.05) is 17.9 Å². The Morgan fingerprint density at radius 3 is 3.05 bits per heavy atom. The minimum absolute atomic E-state index is 0.0299. The van der Waals surface area contributed by atoms with Crippen LogP contribution in [-0.2, 0) is 16.1 Å². The fraction of sp³-hybridized carbons (Fsp3) is 0.533. The van der Waals surface area contributed by atoms with Gasteiger partial charge in [-0.2, -0.15) is 0 Å². The van der Waals surface area contributed by atoms with Crippen LogP contribution in [0.15, 0.2) is 18.2 Å². The molecule has 1 aliphatic heterocycles. The van der Waals surface area contributed by atoms with Crippen molar-refractivity contribution in [1.82, 2.24) is 0 Å². The predicted molar refractivity (Wildman–Crippen MR) is 75.7 cm³/mol. The summed E-state index contributed by atoms with van der Waals surface area (Å²) < 4.78 is 10.7. The summed E-state index contributed by atoms with van der Waals surface area (Å²) in [4.78, 5) is 12.1. The van der Waals surface area contributed by atoms with Crippen molar-refractivity contribution in [2.24, 2.45) is 5.92 Å². The number of rotatable bonds is 5. The van der Waals surface area contributed by atoms with Gasteiger partial charge in [-0.25, -0.2) is 0 Å². The number of nitrogens with one attached hydrogen (secondary N) is 1. The van der Waals surface area contributed by atoms with Gasteiger partial charge in [0.2, 0.25) is 5.91 Å². The molecule has 2 N–H and O–H groups in total. The molecular formula is C15H21NO4. The summed E-state index contributed by atoms with van der Waals surface area (Å²) in [5, 5.41) is 12.2. The topological polar surface area (TPSA) is 67.8 Å². The van der Waals surface area contributed by atoms with E-state index in [1.807, 2.05) is 6.92 Å². The van der Waals surface area contributed by atoms with E-state index in [1.165, 1.54) is 0 Å². The first-order chi connectivity index (χ1) is 9.74. The second-order valence-electron chi connectivity index (χ2n) is 4.82. The average molecular weight is 279 g/mol. The Morgan fingerprint density at radius 1 is 1.55 bits per heavy atom. The van der Waals surface area contributed by atoms with Crippen molar-refractivity contribution in [2.75, 3.05) is 25.1 Å². The zero-order chi connectivity index (χ0) is 14.4. The minimum Gasteiger partial charge on any atom is -0.494 e. The van der Waals surface area contributed by atoms with Crippen molar-refractivity contribution in [3.05, 3.63) is 23.8 Å². The molecule has 0 bridgehead atoms. The zero-order valence-electron chi connectivity index (χ0n) is 11.7. The Kier molecular flexibility index (Phi) is 5.38. The van der Waals surface area contributed by atoms with Gasteiger partial charge in [0.15, 0.2) is 0 Å². The fourth-order valence-corrected chi connectivity index (χ4v) is 2.27. The molecule has 1 aromatic rings. The highest BCUT2D eigenvalue weighted by molar-refractivity contribution is 5.92. The van der Waals surface area contributed by atoms with E-state index in [1.54, 1.807) is 18.2 Å². The van der Waals surface area contributed by atoms with Crippen molar-refractivity contribution in [1.29, 1.82) is 0 Å². The first kappa shape index (κ1) is 14.8. The lowest BCUT2D eigenvalue weighted by molar-refractivity contribution is -0.123. The molecule has 2 rings (SSSR count). The molecule has 0 aliphatic carbocycles. The highest BCUT2D eigenvalue weighted by Gasteiger charge is 2.21. The molecule has 1 atom stereocenters. The van der Waals surface area contributed by atoms with Crippen LogP contribution in [0.25, 0.3) is 0 Å². The Bertz CT molecular complexity index is 455. The molecule has 1 aromatic carbocycles. The minimum atomic E-state index is -0.119. The van der Waals surface area contributed by atoms with Crippen LogP contribution in [0, 0.1) is 5.92 Å². The van der Waals surface area contributed by atoms with E-state index in [0.717, 1.165) is 19.4 Å². The summed E-state index contributed by atoms with van der Waals surface area (Å²) in [5.74, 6) is 0.527. The summed E-state index contributed by atoms with van der Waals surface area (Å²) in [6, 6.07) is 5.29. The van der Waals surface area contributed by atoms with Crippen LogP contribution < -0.4 is 10.1 Å². The average Bonchev–Trinajstić information content (AvgIpc) is 2.50. The number of amides is 1. The Balaban J connectivity index is 2.03. The third-order valence-corrected chi connectivity index (χ3v) is 3.33. The van der Waals surface area contributed by atoms with Gasteiger partial charge in [-0.05, 0) is 38.0 Å². The third kappa shape index (κ3) is 3.71. The monoisotopic (exact) mass is 279 g/mol. The van der Waals surface area contributed by atoms with E-state index in [0.29, 0.717) is 30.2 Å². The van der Waals surface area contributed by atoms with Gasteiger partial charge >= 0.3 is 0 Å². The zero-order valence-corrected chi connectivity index (χ0v) is 11.7. The quantitative estimate of drug-likeness (QED) is 0.864. The molecule has 1 unspecified atom stereocenters. The number of anilines is 1. The molecule has 5 heteroatoms. The molecule has 1 saturated heterocycles. The molecule has 1 amide bonds. The van der Waals surface area contributed by atoms with Crippen LogP contribution in [-0.4, -0.2) is 30.8 Å². The van der Waals surface area contributed by atoms with Crippen LogP contribution in [0.2, 0.25) is 0 Å². The highest BCUT2D eigenvalue weighted by Crippen LogP contribution is 2.24. The van der Waals surface area contributed by atoms with Crippen molar-refractivity contribution in [3.8, 4) is 5.75 Å². The molecule has 1 aliphatic rings.